The van der Waals surface area contributed by atoms with Crippen molar-refractivity contribution in [2.75, 3.05) is 5.73 Å². The Hall–Kier alpha value is -1.43. The van der Waals surface area contributed by atoms with Gasteiger partial charge < -0.3 is 10.3 Å². The maximum Gasteiger partial charge on any atom is 0.183 e. The summed E-state index contributed by atoms with van der Waals surface area (Å²) in [4.78, 5) is 4.20. The van der Waals surface area contributed by atoms with Crippen LogP contribution in [0.5, 0.6) is 0 Å². The van der Waals surface area contributed by atoms with Gasteiger partial charge in [0.25, 0.3) is 0 Å². The van der Waals surface area contributed by atoms with E-state index in [0.717, 1.165) is 36.7 Å². The van der Waals surface area contributed by atoms with Gasteiger partial charge in [-0.15, -0.1) is 21.5 Å². The van der Waals surface area contributed by atoms with Gasteiger partial charge in [0.15, 0.2) is 11.0 Å². The molecule has 5 nitrogen and oxygen atoms in total. The summed E-state index contributed by atoms with van der Waals surface area (Å²) in [7, 11) is 0. The topological polar surface area (TPSA) is 69.6 Å². The maximum atomic E-state index is 5.58. The normalized spacial score (nSPS) is 14.6. The summed E-state index contributed by atoms with van der Waals surface area (Å²) in [5, 5.41) is 10.7. The minimum Gasteiger partial charge on any atom is -0.375 e. The molecule has 2 aromatic rings. The maximum absolute atomic E-state index is 5.58. The summed E-state index contributed by atoms with van der Waals surface area (Å²) in [5.74, 6) is 1.91. The lowest BCUT2D eigenvalue weighted by Crippen LogP contribution is -1.96. The van der Waals surface area contributed by atoms with Crippen molar-refractivity contribution in [2.24, 2.45) is 0 Å². The molecule has 2 aromatic heterocycles. The van der Waals surface area contributed by atoms with E-state index >= 15 is 0 Å². The van der Waals surface area contributed by atoms with Crippen molar-refractivity contribution >= 4 is 16.5 Å². The lowest BCUT2D eigenvalue weighted by atomic mass is 10.4. The van der Waals surface area contributed by atoms with Crippen molar-refractivity contribution in [3.05, 3.63) is 11.2 Å². The van der Waals surface area contributed by atoms with E-state index < -0.39 is 0 Å². The number of aryl methyl sites for hydroxylation is 1. The van der Waals surface area contributed by atoms with E-state index in [1.807, 2.05) is 5.38 Å². The summed E-state index contributed by atoms with van der Waals surface area (Å²) in [5.41, 5.74) is 6.42. The number of thiazole rings is 1. The highest BCUT2D eigenvalue weighted by Crippen LogP contribution is 2.25. The zero-order valence-corrected chi connectivity index (χ0v) is 8.29. The van der Waals surface area contributed by atoms with Gasteiger partial charge in [-0.1, -0.05) is 0 Å². The van der Waals surface area contributed by atoms with E-state index in [1.54, 1.807) is 0 Å². The fourth-order valence-electron chi connectivity index (χ4n) is 1.73. The van der Waals surface area contributed by atoms with E-state index in [9.17, 15) is 0 Å². The van der Waals surface area contributed by atoms with Crippen molar-refractivity contribution in [1.29, 1.82) is 0 Å². The van der Waals surface area contributed by atoms with Gasteiger partial charge in [-0.05, 0) is 6.42 Å². The molecule has 0 saturated heterocycles. The highest BCUT2D eigenvalue weighted by Gasteiger charge is 2.19. The first-order valence-corrected chi connectivity index (χ1v) is 5.36. The zero-order chi connectivity index (χ0) is 9.54. The Morgan fingerprint density at radius 2 is 2.36 bits per heavy atom. The second-order valence-corrected chi connectivity index (χ2v) is 4.16. The van der Waals surface area contributed by atoms with Gasteiger partial charge in [0, 0.05) is 18.3 Å². The zero-order valence-electron chi connectivity index (χ0n) is 7.47. The second kappa shape index (κ2) is 2.78. The molecule has 0 unspecified atom stereocenters. The lowest BCUT2D eigenvalue weighted by Gasteiger charge is -1.97. The number of nitrogens with zero attached hydrogens (tertiary/aromatic N) is 4. The molecule has 0 atom stereocenters. The summed E-state index contributed by atoms with van der Waals surface area (Å²) in [6, 6.07) is 0. The van der Waals surface area contributed by atoms with Crippen LogP contribution in [0.25, 0.3) is 11.5 Å². The van der Waals surface area contributed by atoms with Crippen LogP contribution < -0.4 is 5.73 Å². The molecule has 72 valence electrons. The van der Waals surface area contributed by atoms with E-state index in [-0.39, 0.29) is 0 Å². The van der Waals surface area contributed by atoms with Gasteiger partial charge in [0.1, 0.15) is 11.5 Å². The molecular formula is C8H9N5S. The molecule has 14 heavy (non-hydrogen) atoms. The van der Waals surface area contributed by atoms with Crippen molar-refractivity contribution < 1.29 is 0 Å². The van der Waals surface area contributed by atoms with Crippen LogP contribution in [-0.4, -0.2) is 19.7 Å². The van der Waals surface area contributed by atoms with E-state index in [2.05, 4.69) is 19.7 Å². The molecule has 0 fully saturated rings. The fourth-order valence-corrected chi connectivity index (χ4v) is 2.27. The number of nitrogens with two attached hydrogens (primary N) is 1. The molecule has 6 heteroatoms. The Bertz CT molecular complexity index is 472. The number of nitrogen functional groups attached to an aromatic ring is 1. The summed E-state index contributed by atoms with van der Waals surface area (Å²) in [6.45, 7) is 0.995. The highest BCUT2D eigenvalue weighted by molar-refractivity contribution is 7.13. The Labute approximate surface area is 84.6 Å². The number of rotatable bonds is 1. The van der Waals surface area contributed by atoms with E-state index in [1.165, 1.54) is 11.3 Å². The van der Waals surface area contributed by atoms with Gasteiger partial charge >= 0.3 is 0 Å². The SMILES string of the molecule is Nc1nc(-c2nnc3n2CCC3)cs1. The third-order valence-electron chi connectivity index (χ3n) is 2.36. The van der Waals surface area contributed by atoms with Crippen LogP contribution >= 0.6 is 11.3 Å². The molecular weight excluding hydrogens is 198 g/mol. The Morgan fingerprint density at radius 1 is 1.43 bits per heavy atom. The molecule has 2 N–H and O–H groups in total. The highest BCUT2D eigenvalue weighted by atomic mass is 32.1. The smallest absolute Gasteiger partial charge is 0.183 e. The van der Waals surface area contributed by atoms with Gasteiger partial charge in [-0.2, -0.15) is 0 Å². The minimum atomic E-state index is 0.579. The monoisotopic (exact) mass is 207 g/mol. The lowest BCUT2D eigenvalue weighted by molar-refractivity contribution is 0.747. The van der Waals surface area contributed by atoms with Crippen molar-refractivity contribution in [2.45, 2.75) is 19.4 Å². The van der Waals surface area contributed by atoms with Crippen molar-refractivity contribution in [1.82, 2.24) is 19.7 Å². The third kappa shape index (κ3) is 1.04. The third-order valence-corrected chi connectivity index (χ3v) is 3.03. The van der Waals surface area contributed by atoms with Gasteiger partial charge in [0.05, 0.1) is 0 Å². The summed E-state index contributed by atoms with van der Waals surface area (Å²) >= 11 is 1.43. The van der Waals surface area contributed by atoms with Crippen molar-refractivity contribution in [3.8, 4) is 11.5 Å². The van der Waals surface area contributed by atoms with Gasteiger partial charge in [0.2, 0.25) is 0 Å². The van der Waals surface area contributed by atoms with Crippen LogP contribution in [0.4, 0.5) is 5.13 Å². The van der Waals surface area contributed by atoms with Crippen LogP contribution in [0.3, 0.4) is 0 Å². The van der Waals surface area contributed by atoms with Gasteiger partial charge in [-0.3, -0.25) is 0 Å². The fraction of sp³-hybridized carbons (Fsp3) is 0.375. The second-order valence-electron chi connectivity index (χ2n) is 3.27. The first-order chi connectivity index (χ1) is 6.84. The summed E-state index contributed by atoms with van der Waals surface area (Å²) < 4.78 is 2.12. The molecule has 0 aromatic carbocycles. The average Bonchev–Trinajstić information content (AvgIpc) is 2.77. The molecule has 0 saturated carbocycles. The quantitative estimate of drug-likeness (QED) is 0.755. The van der Waals surface area contributed by atoms with Crippen LogP contribution in [-0.2, 0) is 13.0 Å². The number of fused-ring (bicyclic) bond motifs is 1. The largest absolute Gasteiger partial charge is 0.375 e. The molecule has 3 heterocycles. The number of aromatic nitrogens is 4. The first-order valence-electron chi connectivity index (χ1n) is 4.48. The molecule has 0 aliphatic carbocycles. The predicted octanol–water partition coefficient (Wildman–Crippen LogP) is 0.930. The van der Waals surface area contributed by atoms with Crippen LogP contribution in [0, 0.1) is 0 Å². The molecule has 0 radical (unpaired) electrons. The number of hydrogen-bond donors (Lipinski definition) is 1. The first kappa shape index (κ1) is 7.93. The Kier molecular flexibility index (Phi) is 1.57. The average molecular weight is 207 g/mol. The van der Waals surface area contributed by atoms with Gasteiger partial charge in [-0.25, -0.2) is 4.98 Å². The van der Waals surface area contributed by atoms with Crippen LogP contribution in [0.15, 0.2) is 5.38 Å². The summed E-state index contributed by atoms with van der Waals surface area (Å²) in [6.07, 6.45) is 2.17. The van der Waals surface area contributed by atoms with Crippen LogP contribution in [0.1, 0.15) is 12.2 Å². The molecule has 0 amide bonds. The number of hydrogen-bond acceptors (Lipinski definition) is 5. The van der Waals surface area contributed by atoms with E-state index in [0.29, 0.717) is 5.13 Å². The minimum absolute atomic E-state index is 0.579. The van der Waals surface area contributed by atoms with Crippen molar-refractivity contribution in [3.63, 3.8) is 0 Å². The van der Waals surface area contributed by atoms with Crippen LogP contribution in [0.2, 0.25) is 0 Å². The molecule has 1 aliphatic rings. The Balaban J connectivity index is 2.12. The predicted molar refractivity (Wildman–Crippen MR) is 53.9 cm³/mol. The molecule has 3 rings (SSSR count). The molecule has 0 bridgehead atoms. The molecule has 0 spiro atoms. The molecule has 1 aliphatic heterocycles. The standard InChI is InChI=1S/C8H9N5S/c9-8-10-5(4-14-8)7-12-11-6-2-1-3-13(6)7/h4H,1-3H2,(H2,9,10). The van der Waals surface area contributed by atoms with E-state index in [4.69, 9.17) is 5.73 Å². The Morgan fingerprint density at radius 3 is 3.14 bits per heavy atom. The number of anilines is 1.